The van der Waals surface area contributed by atoms with Crippen LogP contribution in [0.4, 0.5) is 0 Å². The van der Waals surface area contributed by atoms with Gasteiger partial charge in [0.05, 0.1) is 26.2 Å². The molecule has 450 valence electrons. The Kier molecular flexibility index (Phi) is 57.2. The normalized spacial score (nSPS) is 13.9. The number of hydrogen-bond acceptors (Lipinski definition) is 10. The molecule has 11 nitrogen and oxygen atoms in total. The molecule has 0 radical (unpaired) electrons. The molecule has 0 saturated carbocycles. The molecular weight excluding hydrogens is 1000 g/mol. The van der Waals surface area contributed by atoms with Gasteiger partial charge in [-0.15, -0.1) is 0 Å². The summed E-state index contributed by atoms with van der Waals surface area (Å²) in [5, 5.41) is 9.81. The van der Waals surface area contributed by atoms with Crippen molar-refractivity contribution in [1.82, 2.24) is 0 Å². The van der Waals surface area contributed by atoms with Crippen molar-refractivity contribution < 1.29 is 52.2 Å². The molecule has 0 saturated heterocycles. The summed E-state index contributed by atoms with van der Waals surface area (Å²) in [7, 11) is -4.78. The Morgan fingerprint density at radius 2 is 0.718 bits per heavy atom. The summed E-state index contributed by atoms with van der Waals surface area (Å²) >= 11 is 0. The summed E-state index contributed by atoms with van der Waals surface area (Å²) in [6, 6.07) is 0. The highest BCUT2D eigenvalue weighted by Gasteiger charge is 2.28. The average Bonchev–Trinajstić information content (AvgIpc) is 3.43. The van der Waals surface area contributed by atoms with Crippen molar-refractivity contribution in [2.45, 2.75) is 290 Å². The van der Waals surface area contributed by atoms with E-state index in [2.05, 4.69) is 81.5 Å². The Morgan fingerprint density at radius 3 is 1.15 bits per heavy atom. The fraction of sp³-hybridized carbons (Fsp3) is 0.742. The number of carbonyl (C=O) groups excluding carboxylic acids is 3. The first-order valence-corrected chi connectivity index (χ1v) is 33.0. The number of hydrogen-bond donors (Lipinski definition) is 2. The number of ether oxygens (including phenoxy) is 3. The third kappa shape index (κ3) is 57.3. The molecule has 2 N–H and O–H groups in total. The van der Waals surface area contributed by atoms with Gasteiger partial charge in [-0.05, 0) is 77.0 Å². The Bertz CT molecular complexity index is 1630. The first kappa shape index (κ1) is 74.7. The molecule has 0 aliphatic carbocycles. The largest absolute Gasteiger partial charge is 0.472 e. The molecule has 0 bridgehead atoms. The Balaban J connectivity index is 4.77. The van der Waals surface area contributed by atoms with Crippen LogP contribution in [0.3, 0.4) is 0 Å². The fourth-order valence-electron chi connectivity index (χ4n) is 8.58. The quantitative estimate of drug-likeness (QED) is 0.0197. The maximum Gasteiger partial charge on any atom is 0.472 e. The number of phosphoric ester groups is 1. The molecule has 0 heterocycles. The van der Waals surface area contributed by atoms with Gasteiger partial charge in [-0.1, -0.05) is 266 Å². The molecule has 3 unspecified atom stereocenters. The Hall–Kier alpha value is -3.34. The van der Waals surface area contributed by atoms with Crippen LogP contribution in [0, 0.1) is 0 Å². The standard InChI is InChI=1S/C66H115O11P/c1-4-7-10-13-16-19-22-25-28-30-31-33-35-37-40-43-46-49-52-55-64(68)73-59-63(77-66(70)57-54-51-48-45-42-39-36-32-29-26-23-20-17-14-11-8-5-2)61-75-78(71,72)74-60-62(58-67)76-65(69)56-53-50-47-44-41-38-34-27-24-21-18-15-12-9-6-3/h9,12,16,18-19,21,25,27-28,34,41,44,50,53,62-63,67H,4-8,10-11,13-15,17,20,22-24,26,29-33,35-40,42-43,45-49,51-52,54-61H2,1-3H3,(H,71,72)/b12-9-,19-16-,21-18-,28-25-,34-27-,44-41-,53-50-. The highest BCUT2D eigenvalue weighted by atomic mass is 31.2. The van der Waals surface area contributed by atoms with Gasteiger partial charge in [0.2, 0.25) is 0 Å². The molecule has 0 aromatic carbocycles. The smallest absolute Gasteiger partial charge is 0.462 e. The molecule has 12 heteroatoms. The van der Waals surface area contributed by atoms with Gasteiger partial charge >= 0.3 is 25.7 Å². The summed E-state index contributed by atoms with van der Waals surface area (Å²) in [4.78, 5) is 48.6. The van der Waals surface area contributed by atoms with E-state index in [1.165, 1.54) is 141 Å². The van der Waals surface area contributed by atoms with Crippen molar-refractivity contribution in [2.24, 2.45) is 0 Å². The number of unbranched alkanes of at least 4 members (excludes halogenated alkanes) is 28. The van der Waals surface area contributed by atoms with E-state index in [1.54, 1.807) is 6.08 Å². The molecule has 0 amide bonds. The lowest BCUT2D eigenvalue weighted by Crippen LogP contribution is -2.30. The number of aliphatic hydroxyl groups excluding tert-OH is 1. The monoisotopic (exact) mass is 1110 g/mol. The van der Waals surface area contributed by atoms with E-state index in [0.29, 0.717) is 19.3 Å². The molecule has 0 aliphatic rings. The summed E-state index contributed by atoms with van der Waals surface area (Å²) in [6.07, 6.45) is 69.9. The second kappa shape index (κ2) is 59.8. The Morgan fingerprint density at radius 1 is 0.385 bits per heavy atom. The van der Waals surface area contributed by atoms with E-state index in [0.717, 1.165) is 77.0 Å². The van der Waals surface area contributed by atoms with Gasteiger partial charge in [0, 0.05) is 12.8 Å². The van der Waals surface area contributed by atoms with Crippen molar-refractivity contribution in [3.8, 4) is 0 Å². The van der Waals surface area contributed by atoms with Gasteiger partial charge in [0.1, 0.15) is 12.7 Å². The molecule has 78 heavy (non-hydrogen) atoms. The van der Waals surface area contributed by atoms with Crippen LogP contribution in [0.15, 0.2) is 85.1 Å². The summed E-state index contributed by atoms with van der Waals surface area (Å²) in [6.45, 7) is 4.43. The third-order valence-corrected chi connectivity index (χ3v) is 14.3. The first-order valence-electron chi connectivity index (χ1n) is 31.5. The highest BCUT2D eigenvalue weighted by Crippen LogP contribution is 2.43. The molecule has 3 atom stereocenters. The first-order chi connectivity index (χ1) is 38.2. The molecule has 0 aromatic rings. The van der Waals surface area contributed by atoms with Crippen LogP contribution in [0.25, 0.3) is 0 Å². The van der Waals surface area contributed by atoms with E-state index in [-0.39, 0.29) is 25.9 Å². The topological polar surface area (TPSA) is 155 Å². The second-order valence-electron chi connectivity index (χ2n) is 20.9. The molecule has 0 spiro atoms. The minimum absolute atomic E-state index is 0.0562. The zero-order valence-corrected chi connectivity index (χ0v) is 50.8. The highest BCUT2D eigenvalue weighted by molar-refractivity contribution is 7.47. The lowest BCUT2D eigenvalue weighted by molar-refractivity contribution is -0.161. The molecular formula is C66H115O11P. The minimum atomic E-state index is -4.78. The summed E-state index contributed by atoms with van der Waals surface area (Å²) in [5.74, 6) is -1.60. The predicted molar refractivity (Wildman–Crippen MR) is 325 cm³/mol. The SMILES string of the molecule is CC/C=C\C/C=C\C/C=C\C/C=C\C/C=C\CC(=O)OC(CO)COP(=O)(O)OCC(COC(=O)CCCCCCCCCCC/C=C\C/C=C\CCCCC)OC(=O)CCCCCCCCCCCCCCCCCCC. The summed E-state index contributed by atoms with van der Waals surface area (Å²) in [5.41, 5.74) is 0. The predicted octanol–water partition coefficient (Wildman–Crippen LogP) is 19.0. The van der Waals surface area contributed by atoms with Crippen molar-refractivity contribution in [3.63, 3.8) is 0 Å². The number of aliphatic hydroxyl groups is 1. The van der Waals surface area contributed by atoms with E-state index < -0.39 is 57.8 Å². The maximum atomic E-state index is 12.9. The van der Waals surface area contributed by atoms with E-state index in [1.807, 2.05) is 18.2 Å². The van der Waals surface area contributed by atoms with Crippen LogP contribution in [0.5, 0.6) is 0 Å². The van der Waals surface area contributed by atoms with Crippen LogP contribution in [0.1, 0.15) is 278 Å². The van der Waals surface area contributed by atoms with E-state index >= 15 is 0 Å². The average molecular weight is 1120 g/mol. The van der Waals surface area contributed by atoms with Gasteiger partial charge in [-0.2, -0.15) is 0 Å². The number of esters is 3. The van der Waals surface area contributed by atoms with Crippen LogP contribution in [-0.4, -0.2) is 66.5 Å². The number of rotatable bonds is 58. The van der Waals surface area contributed by atoms with E-state index in [4.69, 9.17) is 23.3 Å². The van der Waals surface area contributed by atoms with Gasteiger partial charge < -0.3 is 24.2 Å². The maximum absolute atomic E-state index is 12.9. The van der Waals surface area contributed by atoms with Gasteiger partial charge in [-0.3, -0.25) is 23.4 Å². The van der Waals surface area contributed by atoms with Crippen LogP contribution in [-0.2, 0) is 42.2 Å². The van der Waals surface area contributed by atoms with Gasteiger partial charge in [-0.25, -0.2) is 4.57 Å². The molecule has 0 fully saturated rings. The number of phosphoric acid groups is 1. The van der Waals surface area contributed by atoms with Crippen molar-refractivity contribution in [2.75, 3.05) is 26.4 Å². The van der Waals surface area contributed by atoms with Crippen molar-refractivity contribution >= 4 is 25.7 Å². The van der Waals surface area contributed by atoms with Crippen molar-refractivity contribution in [1.29, 1.82) is 0 Å². The summed E-state index contributed by atoms with van der Waals surface area (Å²) < 4.78 is 39.5. The van der Waals surface area contributed by atoms with Gasteiger partial charge in [0.25, 0.3) is 0 Å². The molecule has 0 aliphatic heterocycles. The molecule has 0 aromatic heterocycles. The fourth-order valence-corrected chi connectivity index (χ4v) is 9.37. The van der Waals surface area contributed by atoms with Crippen LogP contribution < -0.4 is 0 Å². The third-order valence-electron chi connectivity index (χ3n) is 13.3. The molecule has 0 rings (SSSR count). The Labute approximate surface area is 477 Å². The van der Waals surface area contributed by atoms with Crippen LogP contribution in [0.2, 0.25) is 0 Å². The second-order valence-corrected chi connectivity index (χ2v) is 22.3. The zero-order valence-electron chi connectivity index (χ0n) is 49.9. The minimum Gasteiger partial charge on any atom is -0.462 e. The number of carbonyl (C=O) groups is 3. The van der Waals surface area contributed by atoms with Crippen molar-refractivity contribution in [3.05, 3.63) is 85.1 Å². The lowest BCUT2D eigenvalue weighted by Gasteiger charge is -2.21. The van der Waals surface area contributed by atoms with Crippen LogP contribution >= 0.6 is 7.82 Å². The van der Waals surface area contributed by atoms with E-state index in [9.17, 15) is 28.9 Å². The number of allylic oxidation sites excluding steroid dienone is 13. The van der Waals surface area contributed by atoms with Gasteiger partial charge in [0.15, 0.2) is 6.10 Å². The zero-order chi connectivity index (χ0) is 56.9. The lowest BCUT2D eigenvalue weighted by atomic mass is 10.0.